The second-order valence-corrected chi connectivity index (χ2v) is 5.50. The Morgan fingerprint density at radius 2 is 2.20 bits per heavy atom. The minimum atomic E-state index is 0.208. The van der Waals surface area contributed by atoms with Crippen LogP contribution >= 0.6 is 0 Å². The van der Waals surface area contributed by atoms with E-state index in [1.807, 2.05) is 18.3 Å². The first kappa shape index (κ1) is 13.5. The number of aromatic nitrogens is 3. The number of aliphatic hydroxyl groups is 1. The maximum Gasteiger partial charge on any atom is 0.159 e. The zero-order valence-electron chi connectivity index (χ0n) is 11.8. The normalized spacial score (nSPS) is 16.9. The first-order chi connectivity index (χ1) is 9.88. The van der Waals surface area contributed by atoms with E-state index < -0.39 is 0 Å². The van der Waals surface area contributed by atoms with Gasteiger partial charge in [0.25, 0.3) is 0 Å². The second-order valence-electron chi connectivity index (χ2n) is 5.50. The van der Waals surface area contributed by atoms with Crippen molar-refractivity contribution in [1.29, 1.82) is 0 Å². The van der Waals surface area contributed by atoms with Crippen molar-refractivity contribution in [3.8, 4) is 0 Å². The summed E-state index contributed by atoms with van der Waals surface area (Å²) in [5.41, 5.74) is 1.92. The van der Waals surface area contributed by atoms with Crippen molar-refractivity contribution in [2.75, 3.05) is 19.7 Å². The third kappa shape index (κ3) is 2.83. The molecule has 3 rings (SSSR count). The number of imidazole rings is 1. The number of hydrogen-bond acceptors (Lipinski definition) is 4. The summed E-state index contributed by atoms with van der Waals surface area (Å²) in [6.45, 7) is 3.23. The Labute approximate surface area is 119 Å². The van der Waals surface area contributed by atoms with Crippen molar-refractivity contribution in [3.05, 3.63) is 24.2 Å². The monoisotopic (exact) mass is 274 g/mol. The lowest BCUT2D eigenvalue weighted by molar-refractivity contribution is 0.278. The van der Waals surface area contributed by atoms with Crippen LogP contribution in [0.2, 0.25) is 0 Å². The Balaban J connectivity index is 1.87. The molecule has 0 aromatic carbocycles. The lowest BCUT2D eigenvalue weighted by Crippen LogP contribution is -2.29. The fraction of sp³-hybridized carbons (Fsp3) is 0.600. The van der Waals surface area contributed by atoms with E-state index in [2.05, 4.69) is 14.9 Å². The summed E-state index contributed by atoms with van der Waals surface area (Å²) < 4.78 is 2.19. The van der Waals surface area contributed by atoms with Crippen LogP contribution in [-0.2, 0) is 13.0 Å². The van der Waals surface area contributed by atoms with Gasteiger partial charge in [-0.2, -0.15) is 0 Å². The average Bonchev–Trinajstić information content (AvgIpc) is 2.83. The molecule has 2 N–H and O–H groups in total. The molecule has 0 unspecified atom stereocenters. The van der Waals surface area contributed by atoms with Crippen LogP contribution in [0.1, 0.15) is 25.1 Å². The zero-order valence-corrected chi connectivity index (χ0v) is 11.8. The molecule has 0 aliphatic carbocycles. The van der Waals surface area contributed by atoms with Crippen molar-refractivity contribution in [2.45, 2.75) is 32.2 Å². The summed E-state index contributed by atoms with van der Waals surface area (Å²) in [5, 5.41) is 12.5. The van der Waals surface area contributed by atoms with Crippen molar-refractivity contribution in [1.82, 2.24) is 19.9 Å². The highest BCUT2D eigenvalue weighted by Crippen LogP contribution is 2.21. The molecular weight excluding hydrogens is 252 g/mol. The Morgan fingerprint density at radius 3 is 3.00 bits per heavy atom. The number of aryl methyl sites for hydroxylation is 1. The molecule has 5 nitrogen and oxygen atoms in total. The third-order valence-corrected chi connectivity index (χ3v) is 4.05. The predicted octanol–water partition coefficient (Wildman–Crippen LogP) is 1.36. The van der Waals surface area contributed by atoms with E-state index in [-0.39, 0.29) is 6.61 Å². The molecule has 0 radical (unpaired) electrons. The molecule has 5 heteroatoms. The fourth-order valence-electron chi connectivity index (χ4n) is 2.97. The van der Waals surface area contributed by atoms with E-state index in [0.717, 1.165) is 49.5 Å². The molecule has 1 aliphatic heterocycles. The highest BCUT2D eigenvalue weighted by Gasteiger charge is 2.18. The molecule has 0 amide bonds. The second kappa shape index (κ2) is 6.33. The molecule has 0 atom stereocenters. The number of rotatable bonds is 5. The van der Waals surface area contributed by atoms with Gasteiger partial charge in [-0.05, 0) is 50.4 Å². The van der Waals surface area contributed by atoms with Crippen LogP contribution < -0.4 is 5.32 Å². The average molecular weight is 274 g/mol. The zero-order chi connectivity index (χ0) is 13.8. The SMILES string of the molecule is OCCCn1c(CC2CCNCC2)nc2cccnc21. The summed E-state index contributed by atoms with van der Waals surface area (Å²) in [6.07, 6.45) is 6.02. The van der Waals surface area contributed by atoms with E-state index in [1.54, 1.807) is 0 Å². The fourth-order valence-corrected chi connectivity index (χ4v) is 2.97. The van der Waals surface area contributed by atoms with E-state index in [0.29, 0.717) is 5.92 Å². The molecule has 1 fully saturated rings. The van der Waals surface area contributed by atoms with Crippen molar-refractivity contribution in [2.24, 2.45) is 5.92 Å². The molecule has 2 aromatic rings. The maximum atomic E-state index is 9.09. The third-order valence-electron chi connectivity index (χ3n) is 4.05. The predicted molar refractivity (Wildman–Crippen MR) is 78.5 cm³/mol. The van der Waals surface area contributed by atoms with Crippen molar-refractivity contribution >= 4 is 11.2 Å². The summed E-state index contributed by atoms with van der Waals surface area (Å²) in [4.78, 5) is 9.21. The number of aliphatic hydroxyl groups excluding tert-OH is 1. The minimum Gasteiger partial charge on any atom is -0.396 e. The standard InChI is InChI=1S/C15H22N4O/c20-10-2-9-19-14(11-12-4-7-16-8-5-12)18-13-3-1-6-17-15(13)19/h1,3,6,12,16,20H,2,4-5,7-11H2. The van der Waals surface area contributed by atoms with Crippen LogP contribution in [0.25, 0.3) is 11.2 Å². The first-order valence-corrected chi connectivity index (χ1v) is 7.50. The Hall–Kier alpha value is -1.46. The van der Waals surface area contributed by atoms with Gasteiger partial charge in [0.05, 0.1) is 0 Å². The Bertz CT molecular complexity index is 560. The maximum absolute atomic E-state index is 9.09. The number of hydrogen-bond donors (Lipinski definition) is 2. The molecule has 0 bridgehead atoms. The van der Waals surface area contributed by atoms with Crippen LogP contribution in [-0.4, -0.2) is 39.3 Å². The van der Waals surface area contributed by atoms with Gasteiger partial charge < -0.3 is 15.0 Å². The van der Waals surface area contributed by atoms with Gasteiger partial charge in [0.2, 0.25) is 0 Å². The Morgan fingerprint density at radius 1 is 1.35 bits per heavy atom. The number of nitrogens with one attached hydrogen (secondary N) is 1. The number of piperidine rings is 1. The Kier molecular flexibility index (Phi) is 4.28. The van der Waals surface area contributed by atoms with Crippen molar-refractivity contribution < 1.29 is 5.11 Å². The highest BCUT2D eigenvalue weighted by atomic mass is 16.3. The molecule has 3 heterocycles. The van der Waals surface area contributed by atoms with Gasteiger partial charge in [0.15, 0.2) is 5.65 Å². The van der Waals surface area contributed by atoms with Crippen LogP contribution in [0, 0.1) is 5.92 Å². The molecule has 108 valence electrons. The van der Waals surface area contributed by atoms with E-state index >= 15 is 0 Å². The van der Waals surface area contributed by atoms with Crippen molar-refractivity contribution in [3.63, 3.8) is 0 Å². The van der Waals surface area contributed by atoms with Crippen LogP contribution in [0.4, 0.5) is 0 Å². The molecule has 1 saturated heterocycles. The van der Waals surface area contributed by atoms with E-state index in [9.17, 15) is 0 Å². The van der Waals surface area contributed by atoms with Gasteiger partial charge in [-0.1, -0.05) is 0 Å². The van der Waals surface area contributed by atoms with Gasteiger partial charge >= 0.3 is 0 Å². The highest BCUT2D eigenvalue weighted by molar-refractivity contribution is 5.71. The summed E-state index contributed by atoms with van der Waals surface area (Å²) in [6, 6.07) is 3.95. The summed E-state index contributed by atoms with van der Waals surface area (Å²) >= 11 is 0. The lowest BCUT2D eigenvalue weighted by Gasteiger charge is -2.22. The molecule has 2 aromatic heterocycles. The van der Waals surface area contributed by atoms with E-state index in [1.165, 1.54) is 12.8 Å². The summed E-state index contributed by atoms with van der Waals surface area (Å²) in [5.74, 6) is 1.83. The van der Waals surface area contributed by atoms with E-state index in [4.69, 9.17) is 10.1 Å². The molecular formula is C15H22N4O. The van der Waals surface area contributed by atoms with Gasteiger partial charge in [-0.25, -0.2) is 9.97 Å². The number of fused-ring (bicyclic) bond motifs is 1. The van der Waals surface area contributed by atoms with Gasteiger partial charge in [-0.15, -0.1) is 0 Å². The number of pyridine rings is 1. The molecule has 0 saturated carbocycles. The van der Waals surface area contributed by atoms with Gasteiger partial charge in [-0.3, -0.25) is 0 Å². The number of nitrogens with zero attached hydrogens (tertiary/aromatic N) is 3. The smallest absolute Gasteiger partial charge is 0.159 e. The topological polar surface area (TPSA) is 63.0 Å². The van der Waals surface area contributed by atoms with Gasteiger partial charge in [0.1, 0.15) is 11.3 Å². The largest absolute Gasteiger partial charge is 0.396 e. The molecule has 0 spiro atoms. The van der Waals surface area contributed by atoms with Crippen LogP contribution in [0.5, 0.6) is 0 Å². The van der Waals surface area contributed by atoms with Gasteiger partial charge in [0, 0.05) is 25.8 Å². The first-order valence-electron chi connectivity index (χ1n) is 7.50. The lowest BCUT2D eigenvalue weighted by atomic mass is 9.94. The molecule has 1 aliphatic rings. The minimum absolute atomic E-state index is 0.208. The summed E-state index contributed by atoms with van der Waals surface area (Å²) in [7, 11) is 0. The molecule has 20 heavy (non-hydrogen) atoms. The van der Waals surface area contributed by atoms with Crippen LogP contribution in [0.3, 0.4) is 0 Å². The van der Waals surface area contributed by atoms with Crippen LogP contribution in [0.15, 0.2) is 18.3 Å². The quantitative estimate of drug-likeness (QED) is 0.864.